The molecule has 0 fully saturated rings. The number of ether oxygens (including phenoxy) is 2. The number of amides is 1. The molecule has 2 aromatic carbocycles. The number of rotatable bonds is 6. The second kappa shape index (κ2) is 8.91. The van der Waals surface area contributed by atoms with Gasteiger partial charge in [0.2, 0.25) is 0 Å². The van der Waals surface area contributed by atoms with Crippen LogP contribution in [-0.4, -0.2) is 19.6 Å². The molecule has 0 aliphatic heterocycles. The second-order valence-corrected chi connectivity index (χ2v) is 6.24. The maximum Gasteiger partial charge on any atom is 0.266 e. The lowest BCUT2D eigenvalue weighted by molar-refractivity contribution is -0.112. The van der Waals surface area contributed by atoms with Gasteiger partial charge in [0.15, 0.2) is 11.5 Å². The van der Waals surface area contributed by atoms with E-state index < -0.39 is 5.91 Å². The van der Waals surface area contributed by atoms with E-state index in [-0.39, 0.29) is 5.57 Å². The first-order valence-electron chi connectivity index (χ1n) is 8.71. The summed E-state index contributed by atoms with van der Waals surface area (Å²) in [5.41, 5.74) is 4.47. The van der Waals surface area contributed by atoms with Gasteiger partial charge in [-0.1, -0.05) is 23.8 Å². The summed E-state index contributed by atoms with van der Waals surface area (Å²) < 4.78 is 10.8. The number of carbonyl (C=O) groups excluding carboxylic acids is 1. The summed E-state index contributed by atoms with van der Waals surface area (Å²) in [6.45, 7) is 8.28. The van der Waals surface area contributed by atoms with E-state index in [9.17, 15) is 10.1 Å². The molecule has 140 valence electrons. The highest BCUT2D eigenvalue weighted by Crippen LogP contribution is 2.29. The first kappa shape index (κ1) is 20.1. The van der Waals surface area contributed by atoms with E-state index in [1.54, 1.807) is 25.3 Å². The van der Waals surface area contributed by atoms with Gasteiger partial charge in [0.1, 0.15) is 11.6 Å². The fraction of sp³-hybridized carbons (Fsp3) is 0.273. The molecular formula is C22H24N2O3. The van der Waals surface area contributed by atoms with Crippen molar-refractivity contribution < 1.29 is 14.3 Å². The average molecular weight is 364 g/mol. The standard InChI is InChI=1S/C22H24N2O3/c1-6-27-19-8-7-17(12-20(19)26-5)11-18(13-23)22(25)24-21-15(3)9-14(2)10-16(21)4/h7-12H,6H2,1-5H3,(H,24,25)/b18-11+. The van der Waals surface area contributed by atoms with E-state index in [0.29, 0.717) is 23.7 Å². The van der Waals surface area contributed by atoms with Crippen molar-refractivity contribution in [2.24, 2.45) is 0 Å². The molecule has 2 aromatic rings. The Bertz CT molecular complexity index is 901. The van der Waals surface area contributed by atoms with Crippen LogP contribution in [0.3, 0.4) is 0 Å². The number of nitrogens with one attached hydrogen (secondary N) is 1. The quantitative estimate of drug-likeness (QED) is 0.602. The van der Waals surface area contributed by atoms with Gasteiger partial charge in [0.25, 0.3) is 5.91 Å². The van der Waals surface area contributed by atoms with E-state index in [0.717, 1.165) is 22.4 Å². The molecule has 0 aromatic heterocycles. The van der Waals surface area contributed by atoms with Crippen molar-refractivity contribution in [1.29, 1.82) is 5.26 Å². The lowest BCUT2D eigenvalue weighted by atomic mass is 10.0. The van der Waals surface area contributed by atoms with Crippen molar-refractivity contribution in [3.63, 3.8) is 0 Å². The van der Waals surface area contributed by atoms with Gasteiger partial charge in [0, 0.05) is 5.69 Å². The highest BCUT2D eigenvalue weighted by Gasteiger charge is 2.13. The molecule has 0 saturated carbocycles. The van der Waals surface area contributed by atoms with Crippen LogP contribution in [0, 0.1) is 32.1 Å². The predicted molar refractivity (Wildman–Crippen MR) is 107 cm³/mol. The number of aryl methyl sites for hydroxylation is 3. The van der Waals surface area contributed by atoms with Crippen LogP contribution in [0.5, 0.6) is 11.5 Å². The number of hydrogen-bond acceptors (Lipinski definition) is 4. The molecule has 27 heavy (non-hydrogen) atoms. The molecule has 0 spiro atoms. The molecule has 0 heterocycles. The van der Waals surface area contributed by atoms with Gasteiger partial charge >= 0.3 is 0 Å². The van der Waals surface area contributed by atoms with Gasteiger partial charge < -0.3 is 14.8 Å². The van der Waals surface area contributed by atoms with Gasteiger partial charge in [-0.25, -0.2) is 0 Å². The molecule has 0 unspecified atom stereocenters. The number of methoxy groups -OCH3 is 1. The minimum atomic E-state index is -0.444. The van der Waals surface area contributed by atoms with Crippen LogP contribution in [0.2, 0.25) is 0 Å². The summed E-state index contributed by atoms with van der Waals surface area (Å²) in [5.74, 6) is 0.722. The van der Waals surface area contributed by atoms with E-state index in [1.807, 2.05) is 45.9 Å². The monoisotopic (exact) mass is 364 g/mol. The zero-order valence-electron chi connectivity index (χ0n) is 16.3. The van der Waals surface area contributed by atoms with Crippen molar-refractivity contribution in [2.75, 3.05) is 19.0 Å². The van der Waals surface area contributed by atoms with Crippen molar-refractivity contribution in [2.45, 2.75) is 27.7 Å². The molecule has 5 heteroatoms. The second-order valence-electron chi connectivity index (χ2n) is 6.24. The molecule has 1 N–H and O–H groups in total. The zero-order chi connectivity index (χ0) is 20.0. The topological polar surface area (TPSA) is 71.3 Å². The highest BCUT2D eigenvalue weighted by atomic mass is 16.5. The van der Waals surface area contributed by atoms with Gasteiger partial charge in [-0.05, 0) is 62.6 Å². The maximum absolute atomic E-state index is 12.6. The molecule has 0 aliphatic rings. The van der Waals surface area contributed by atoms with Gasteiger partial charge in [-0.3, -0.25) is 4.79 Å². The summed E-state index contributed by atoms with van der Waals surface area (Å²) in [6.07, 6.45) is 1.53. The first-order chi connectivity index (χ1) is 12.9. The minimum Gasteiger partial charge on any atom is -0.493 e. The number of nitriles is 1. The Labute approximate surface area is 160 Å². The third-order valence-corrected chi connectivity index (χ3v) is 4.08. The largest absolute Gasteiger partial charge is 0.493 e. The number of benzene rings is 2. The number of carbonyl (C=O) groups is 1. The van der Waals surface area contributed by atoms with Gasteiger partial charge in [-0.15, -0.1) is 0 Å². The average Bonchev–Trinajstić information content (AvgIpc) is 2.63. The van der Waals surface area contributed by atoms with Crippen LogP contribution in [-0.2, 0) is 4.79 Å². The molecule has 2 rings (SSSR count). The molecule has 1 amide bonds. The zero-order valence-corrected chi connectivity index (χ0v) is 16.3. The van der Waals surface area contributed by atoms with Crippen molar-refractivity contribution in [3.8, 4) is 17.6 Å². The Morgan fingerprint density at radius 3 is 2.37 bits per heavy atom. The predicted octanol–water partition coefficient (Wildman–Crippen LogP) is 4.56. The summed E-state index contributed by atoms with van der Waals surface area (Å²) in [7, 11) is 1.55. The highest BCUT2D eigenvalue weighted by molar-refractivity contribution is 6.10. The van der Waals surface area contributed by atoms with Crippen LogP contribution in [0.4, 0.5) is 5.69 Å². The van der Waals surface area contributed by atoms with Crippen molar-refractivity contribution in [3.05, 3.63) is 58.2 Å². The van der Waals surface area contributed by atoms with Crippen LogP contribution in [0.15, 0.2) is 35.9 Å². The molecule has 0 bridgehead atoms. The number of hydrogen-bond donors (Lipinski definition) is 1. The van der Waals surface area contributed by atoms with Gasteiger partial charge in [-0.2, -0.15) is 5.26 Å². The molecule has 5 nitrogen and oxygen atoms in total. The summed E-state index contributed by atoms with van der Waals surface area (Å²) in [4.78, 5) is 12.6. The van der Waals surface area contributed by atoms with Crippen molar-refractivity contribution >= 4 is 17.7 Å². The van der Waals surface area contributed by atoms with E-state index in [2.05, 4.69) is 5.32 Å². The normalized spacial score (nSPS) is 10.9. The van der Waals surface area contributed by atoms with E-state index in [4.69, 9.17) is 9.47 Å². The third-order valence-electron chi connectivity index (χ3n) is 4.08. The smallest absolute Gasteiger partial charge is 0.266 e. The molecule has 0 saturated heterocycles. The summed E-state index contributed by atoms with van der Waals surface area (Å²) in [5, 5.41) is 12.3. The van der Waals surface area contributed by atoms with E-state index >= 15 is 0 Å². The van der Waals surface area contributed by atoms with Crippen LogP contribution < -0.4 is 14.8 Å². The number of nitrogens with zero attached hydrogens (tertiary/aromatic N) is 1. The Balaban J connectivity index is 2.31. The third kappa shape index (κ3) is 4.89. The van der Waals surface area contributed by atoms with Crippen molar-refractivity contribution in [1.82, 2.24) is 0 Å². The lowest BCUT2D eigenvalue weighted by Crippen LogP contribution is -2.15. The molecular weight excluding hydrogens is 340 g/mol. The lowest BCUT2D eigenvalue weighted by Gasteiger charge is -2.13. The SMILES string of the molecule is CCOc1ccc(/C=C(\C#N)C(=O)Nc2c(C)cc(C)cc2C)cc1OC. The Morgan fingerprint density at radius 2 is 1.81 bits per heavy atom. The van der Waals surface area contributed by atoms with Crippen LogP contribution >= 0.6 is 0 Å². The Kier molecular flexibility index (Phi) is 6.62. The van der Waals surface area contributed by atoms with Crippen LogP contribution in [0.25, 0.3) is 6.08 Å². The Hall–Kier alpha value is -3.26. The van der Waals surface area contributed by atoms with E-state index in [1.165, 1.54) is 6.08 Å². The molecule has 0 aliphatic carbocycles. The molecule has 0 radical (unpaired) electrons. The fourth-order valence-corrected chi connectivity index (χ4v) is 2.92. The Morgan fingerprint density at radius 1 is 1.15 bits per heavy atom. The number of anilines is 1. The fourth-order valence-electron chi connectivity index (χ4n) is 2.92. The molecule has 0 atom stereocenters. The minimum absolute atomic E-state index is 0.0144. The summed E-state index contributed by atoms with van der Waals surface area (Å²) in [6, 6.07) is 11.2. The van der Waals surface area contributed by atoms with Crippen LogP contribution in [0.1, 0.15) is 29.2 Å². The summed E-state index contributed by atoms with van der Waals surface area (Å²) >= 11 is 0. The van der Waals surface area contributed by atoms with Gasteiger partial charge in [0.05, 0.1) is 13.7 Å². The maximum atomic E-state index is 12.6. The first-order valence-corrected chi connectivity index (χ1v) is 8.71.